The predicted octanol–water partition coefficient (Wildman–Crippen LogP) is 3.25. The molecule has 4 rings (SSSR count). The van der Waals surface area contributed by atoms with E-state index in [1.165, 1.54) is 24.5 Å². The Bertz CT molecular complexity index is 1280. The Morgan fingerprint density at radius 2 is 1.89 bits per heavy atom. The molecule has 0 radical (unpaired) electrons. The molecule has 3 heterocycles. The second-order valence-electron chi connectivity index (χ2n) is 8.34. The van der Waals surface area contributed by atoms with Crippen LogP contribution in [0.25, 0.3) is 10.6 Å². The molecule has 0 saturated carbocycles. The monoisotopic (exact) mass is 538 g/mol. The van der Waals surface area contributed by atoms with Gasteiger partial charge in [-0.2, -0.15) is 0 Å². The summed E-state index contributed by atoms with van der Waals surface area (Å²) in [4.78, 5) is 33.3. The van der Waals surface area contributed by atoms with Gasteiger partial charge in [0.1, 0.15) is 10.8 Å². The number of aromatic nitrogens is 3. The van der Waals surface area contributed by atoms with E-state index >= 15 is 0 Å². The maximum absolute atomic E-state index is 14.0. The number of Topliss-reactive ketones (excluding diaryl/α,β-unsaturated/α-hetero) is 1. The quantitative estimate of drug-likeness (QED) is 0.345. The van der Waals surface area contributed by atoms with Gasteiger partial charge in [0.2, 0.25) is 5.91 Å². The molecule has 1 fully saturated rings. The number of carbonyl (C=O) groups excluding carboxylic acids is 2. The summed E-state index contributed by atoms with van der Waals surface area (Å²) in [5.74, 6) is -2.20. The molecular formula is C23H22F4N6O3S. The highest BCUT2D eigenvalue weighted by atomic mass is 32.1. The number of benzene rings is 1. The van der Waals surface area contributed by atoms with Gasteiger partial charge in [-0.3, -0.25) is 19.5 Å². The molecule has 1 aromatic carbocycles. The first-order chi connectivity index (χ1) is 17.6. The van der Waals surface area contributed by atoms with Crippen molar-refractivity contribution >= 4 is 28.7 Å². The molecule has 2 aromatic heterocycles. The zero-order valence-corrected chi connectivity index (χ0v) is 20.4. The van der Waals surface area contributed by atoms with E-state index in [0.717, 1.165) is 36.6 Å². The molecule has 0 atom stereocenters. The van der Waals surface area contributed by atoms with E-state index in [-0.39, 0.29) is 39.8 Å². The normalized spacial score (nSPS) is 14.9. The zero-order valence-electron chi connectivity index (χ0n) is 19.6. The van der Waals surface area contributed by atoms with Crippen LogP contribution in [0.3, 0.4) is 0 Å². The number of nitrogens with one attached hydrogen (secondary N) is 1. The Morgan fingerprint density at radius 3 is 2.59 bits per heavy atom. The van der Waals surface area contributed by atoms with E-state index in [4.69, 9.17) is 0 Å². The first kappa shape index (κ1) is 26.6. The third-order valence-corrected chi connectivity index (χ3v) is 6.50. The molecule has 14 heteroatoms. The number of nitrogens with zero attached hydrogens (tertiary/aromatic N) is 5. The molecule has 0 unspecified atom stereocenters. The molecule has 1 amide bonds. The molecular weight excluding hydrogens is 516 g/mol. The van der Waals surface area contributed by atoms with Gasteiger partial charge in [-0.1, -0.05) is 11.3 Å². The van der Waals surface area contributed by atoms with Crippen LogP contribution in [0, 0.1) is 5.82 Å². The van der Waals surface area contributed by atoms with Crippen LogP contribution in [0.2, 0.25) is 0 Å². The van der Waals surface area contributed by atoms with Crippen molar-refractivity contribution in [2.45, 2.75) is 12.8 Å². The number of halogens is 4. The standard InChI is InChI=1S/C23H22F4N6O3S/c1-32-6-8-33(9-7-32)13-20(35)29-17-10-14(2-3-19(17)36-23(25,26)27)18(34)11-21-30-31-22(37-21)15-12-28-5-4-16(15)24/h2-5,10,12H,6-9,11,13H2,1H3,(H,29,35). The van der Waals surface area contributed by atoms with E-state index in [2.05, 4.69) is 30.1 Å². The third kappa shape index (κ3) is 7.27. The van der Waals surface area contributed by atoms with Crippen LogP contribution in [0.4, 0.5) is 23.2 Å². The van der Waals surface area contributed by atoms with Crippen molar-refractivity contribution in [3.8, 4) is 16.3 Å². The Labute approximate surface area is 213 Å². The number of rotatable bonds is 8. The van der Waals surface area contributed by atoms with E-state index in [1.54, 1.807) is 0 Å². The highest BCUT2D eigenvalue weighted by Gasteiger charge is 2.33. The van der Waals surface area contributed by atoms with Gasteiger partial charge in [0.25, 0.3) is 0 Å². The van der Waals surface area contributed by atoms with Crippen molar-refractivity contribution in [3.63, 3.8) is 0 Å². The van der Waals surface area contributed by atoms with Crippen LogP contribution in [0.5, 0.6) is 5.75 Å². The van der Waals surface area contributed by atoms with Gasteiger partial charge in [-0.05, 0) is 31.3 Å². The summed E-state index contributed by atoms with van der Waals surface area (Å²) >= 11 is 0.993. The van der Waals surface area contributed by atoms with E-state index in [1.807, 2.05) is 11.9 Å². The summed E-state index contributed by atoms with van der Waals surface area (Å²) in [6.45, 7) is 2.79. The van der Waals surface area contributed by atoms with Gasteiger partial charge in [-0.15, -0.1) is 23.4 Å². The third-order valence-electron chi connectivity index (χ3n) is 5.54. The van der Waals surface area contributed by atoms with Gasteiger partial charge in [0.05, 0.1) is 24.2 Å². The number of ether oxygens (including phenoxy) is 1. The first-order valence-corrected chi connectivity index (χ1v) is 11.9. The van der Waals surface area contributed by atoms with Crippen LogP contribution >= 0.6 is 11.3 Å². The molecule has 1 saturated heterocycles. The van der Waals surface area contributed by atoms with Gasteiger partial charge >= 0.3 is 6.36 Å². The molecule has 0 aliphatic carbocycles. The SMILES string of the molecule is CN1CCN(CC(=O)Nc2cc(C(=O)Cc3nnc(-c4cnccc4F)s3)ccc2OC(F)(F)F)CC1. The molecule has 9 nitrogen and oxygen atoms in total. The Kier molecular flexibility index (Phi) is 8.10. The number of alkyl halides is 3. The number of carbonyl (C=O) groups is 2. The number of likely N-dealkylation sites (N-methyl/N-ethyl adjacent to an activating group) is 1. The van der Waals surface area contributed by atoms with Crippen molar-refractivity contribution in [2.24, 2.45) is 0 Å². The largest absolute Gasteiger partial charge is 0.573 e. The van der Waals surface area contributed by atoms with Crippen LogP contribution < -0.4 is 10.1 Å². The van der Waals surface area contributed by atoms with Crippen molar-refractivity contribution < 1.29 is 31.9 Å². The van der Waals surface area contributed by atoms with E-state index in [9.17, 15) is 27.2 Å². The molecule has 1 aliphatic heterocycles. The van der Waals surface area contributed by atoms with Gasteiger partial charge in [0.15, 0.2) is 16.5 Å². The van der Waals surface area contributed by atoms with Gasteiger partial charge < -0.3 is 15.0 Å². The Balaban J connectivity index is 1.49. The number of amides is 1. The molecule has 37 heavy (non-hydrogen) atoms. The summed E-state index contributed by atoms with van der Waals surface area (Å²) in [6.07, 6.45) is -2.64. The van der Waals surface area contributed by atoms with Crippen LogP contribution in [0.15, 0.2) is 36.7 Å². The number of hydrogen-bond donors (Lipinski definition) is 1. The lowest BCUT2D eigenvalue weighted by molar-refractivity contribution is -0.274. The molecule has 1 aliphatic rings. The summed E-state index contributed by atoms with van der Waals surface area (Å²) < 4.78 is 56.8. The minimum atomic E-state index is -4.99. The number of ketones is 1. The average molecular weight is 539 g/mol. The minimum absolute atomic E-state index is 0.0179. The first-order valence-electron chi connectivity index (χ1n) is 11.1. The zero-order chi connectivity index (χ0) is 26.6. The summed E-state index contributed by atoms with van der Waals surface area (Å²) in [6, 6.07) is 4.45. The fraction of sp³-hybridized carbons (Fsp3) is 0.348. The van der Waals surface area contributed by atoms with Crippen molar-refractivity contribution in [3.05, 3.63) is 53.0 Å². The van der Waals surface area contributed by atoms with E-state index in [0.29, 0.717) is 13.1 Å². The number of hydrogen-bond acceptors (Lipinski definition) is 9. The van der Waals surface area contributed by atoms with E-state index < -0.39 is 29.6 Å². The predicted molar refractivity (Wildman–Crippen MR) is 127 cm³/mol. The van der Waals surface area contributed by atoms with Crippen molar-refractivity contribution in [1.82, 2.24) is 25.0 Å². The molecule has 3 aromatic rings. The average Bonchev–Trinajstić information content (AvgIpc) is 3.29. The highest BCUT2D eigenvalue weighted by Crippen LogP contribution is 2.32. The fourth-order valence-corrected chi connectivity index (χ4v) is 4.47. The number of piperazine rings is 1. The topological polar surface area (TPSA) is 101 Å². The van der Waals surface area contributed by atoms with Crippen molar-refractivity contribution in [2.75, 3.05) is 45.1 Å². The summed E-state index contributed by atoms with van der Waals surface area (Å²) in [5, 5.41) is 10.7. The maximum Gasteiger partial charge on any atom is 0.573 e. The molecule has 0 bridgehead atoms. The maximum atomic E-state index is 14.0. The molecule has 196 valence electrons. The van der Waals surface area contributed by atoms with Gasteiger partial charge in [0, 0.05) is 44.1 Å². The van der Waals surface area contributed by atoms with Gasteiger partial charge in [-0.25, -0.2) is 4.39 Å². The number of anilines is 1. The number of pyridine rings is 1. The molecule has 1 N–H and O–H groups in total. The highest BCUT2D eigenvalue weighted by molar-refractivity contribution is 7.14. The lowest BCUT2D eigenvalue weighted by Crippen LogP contribution is -2.47. The second-order valence-corrected chi connectivity index (χ2v) is 9.40. The van der Waals surface area contributed by atoms with Crippen LogP contribution in [-0.4, -0.2) is 82.8 Å². The Hall–Kier alpha value is -3.49. The Morgan fingerprint density at radius 1 is 1.14 bits per heavy atom. The lowest BCUT2D eigenvalue weighted by Gasteiger charge is -2.31. The van der Waals surface area contributed by atoms with Crippen LogP contribution in [-0.2, 0) is 11.2 Å². The fourth-order valence-electron chi connectivity index (χ4n) is 3.62. The second kappa shape index (κ2) is 11.3. The van der Waals surface area contributed by atoms with Crippen LogP contribution in [0.1, 0.15) is 15.4 Å². The molecule has 0 spiro atoms. The minimum Gasteiger partial charge on any atom is -0.404 e. The smallest absolute Gasteiger partial charge is 0.404 e. The van der Waals surface area contributed by atoms with Crippen molar-refractivity contribution in [1.29, 1.82) is 0 Å². The lowest BCUT2D eigenvalue weighted by atomic mass is 10.1. The summed E-state index contributed by atoms with van der Waals surface area (Å²) in [5.41, 5.74) is -0.107. The summed E-state index contributed by atoms with van der Waals surface area (Å²) in [7, 11) is 1.96.